The molecule has 8 heteroatoms. The molecule has 0 radical (unpaired) electrons. The van der Waals surface area contributed by atoms with Crippen molar-refractivity contribution in [2.24, 2.45) is 4.99 Å². The van der Waals surface area contributed by atoms with Crippen molar-refractivity contribution in [3.05, 3.63) is 29.8 Å². The summed E-state index contributed by atoms with van der Waals surface area (Å²) in [6.45, 7) is 2.16. The maximum absolute atomic E-state index is 12.4. The summed E-state index contributed by atoms with van der Waals surface area (Å²) >= 11 is 0. The molecule has 6 nitrogen and oxygen atoms in total. The zero-order valence-electron chi connectivity index (χ0n) is 13.7. The number of hydrogen-bond donors (Lipinski definition) is 2. The third-order valence-corrected chi connectivity index (χ3v) is 5.58. The van der Waals surface area contributed by atoms with Crippen LogP contribution in [0.4, 0.5) is 0 Å². The largest absolute Gasteiger partial charge is 0.352 e. The Balaban J connectivity index is 0.00000288. The Labute approximate surface area is 161 Å². The van der Waals surface area contributed by atoms with E-state index in [1.807, 2.05) is 12.1 Å². The molecule has 1 fully saturated rings. The third-order valence-electron chi connectivity index (χ3n) is 3.67. The number of rotatable bonds is 5. The van der Waals surface area contributed by atoms with E-state index in [2.05, 4.69) is 21.5 Å². The van der Waals surface area contributed by atoms with Crippen molar-refractivity contribution in [1.29, 1.82) is 0 Å². The highest BCUT2D eigenvalue weighted by atomic mass is 127. The molecule has 0 aliphatic carbocycles. The Morgan fingerprint density at radius 3 is 2.42 bits per heavy atom. The average molecular weight is 462 g/mol. The highest BCUT2D eigenvalue weighted by Crippen LogP contribution is 2.20. The number of aliphatic imine (C=N–C) groups is 1. The summed E-state index contributed by atoms with van der Waals surface area (Å²) in [4.78, 5) is 4.39. The fourth-order valence-electron chi connectivity index (χ4n) is 2.40. The molecular weight excluding hydrogens is 439 g/mol. The van der Waals surface area contributed by atoms with Gasteiger partial charge in [-0.25, -0.2) is 8.42 Å². The number of guanidine groups is 1. The van der Waals surface area contributed by atoms with Crippen LogP contribution in [-0.4, -0.2) is 45.4 Å². The van der Waals surface area contributed by atoms with Gasteiger partial charge in [-0.1, -0.05) is 18.1 Å². The Morgan fingerprint density at radius 2 is 1.88 bits per heavy atom. The van der Waals surface area contributed by atoms with Crippen LogP contribution < -0.4 is 10.6 Å². The highest BCUT2D eigenvalue weighted by Gasteiger charge is 2.26. The predicted octanol–water partition coefficient (Wildman–Crippen LogP) is 1.39. The van der Waals surface area contributed by atoms with Gasteiger partial charge in [0.25, 0.3) is 0 Å². The van der Waals surface area contributed by atoms with Gasteiger partial charge in [-0.3, -0.25) is 4.99 Å². The lowest BCUT2D eigenvalue weighted by Gasteiger charge is -2.16. The van der Waals surface area contributed by atoms with Crippen LogP contribution in [0, 0.1) is 12.3 Å². The molecule has 132 valence electrons. The monoisotopic (exact) mass is 462 g/mol. The number of sulfonamides is 1. The number of terminal acetylenes is 1. The van der Waals surface area contributed by atoms with Gasteiger partial charge in [-0.05, 0) is 30.5 Å². The summed E-state index contributed by atoms with van der Waals surface area (Å²) < 4.78 is 26.4. The molecule has 1 aromatic carbocycles. The van der Waals surface area contributed by atoms with Crippen LogP contribution in [0.5, 0.6) is 0 Å². The van der Waals surface area contributed by atoms with E-state index < -0.39 is 10.0 Å². The summed E-state index contributed by atoms with van der Waals surface area (Å²) in [7, 11) is -1.68. The molecule has 1 aliphatic rings. The molecule has 2 rings (SSSR count). The van der Waals surface area contributed by atoms with E-state index in [-0.39, 0.29) is 24.0 Å². The van der Waals surface area contributed by atoms with E-state index in [4.69, 9.17) is 6.42 Å². The van der Waals surface area contributed by atoms with E-state index in [0.717, 1.165) is 18.4 Å². The number of halogens is 1. The van der Waals surface area contributed by atoms with Crippen molar-refractivity contribution < 1.29 is 8.42 Å². The second-order valence-electron chi connectivity index (χ2n) is 5.24. The first-order valence-electron chi connectivity index (χ1n) is 7.55. The lowest BCUT2D eigenvalue weighted by molar-refractivity contribution is 0.477. The molecule has 1 aromatic rings. The van der Waals surface area contributed by atoms with E-state index >= 15 is 0 Å². The van der Waals surface area contributed by atoms with Gasteiger partial charge < -0.3 is 10.6 Å². The predicted molar refractivity (Wildman–Crippen MR) is 107 cm³/mol. The van der Waals surface area contributed by atoms with Crippen LogP contribution in [0.15, 0.2) is 34.2 Å². The van der Waals surface area contributed by atoms with Crippen molar-refractivity contribution in [2.45, 2.75) is 24.3 Å². The Kier molecular flexibility index (Phi) is 8.52. The summed E-state index contributed by atoms with van der Waals surface area (Å²) in [6, 6.07) is 6.93. The lowest BCUT2D eigenvalue weighted by atomic mass is 10.2. The SMILES string of the molecule is C#CCNC(=NC)NCc1ccc(S(=O)(=O)N2CCCC2)cc1.I. The topological polar surface area (TPSA) is 73.8 Å². The second kappa shape index (κ2) is 9.86. The van der Waals surface area contributed by atoms with Gasteiger partial charge in [0, 0.05) is 26.7 Å². The lowest BCUT2D eigenvalue weighted by Crippen LogP contribution is -2.36. The average Bonchev–Trinajstić information content (AvgIpc) is 3.11. The number of hydrogen-bond acceptors (Lipinski definition) is 3. The molecule has 0 bridgehead atoms. The summed E-state index contributed by atoms with van der Waals surface area (Å²) in [5.41, 5.74) is 0.967. The van der Waals surface area contributed by atoms with Gasteiger partial charge in [-0.15, -0.1) is 30.4 Å². The minimum Gasteiger partial charge on any atom is -0.352 e. The van der Waals surface area contributed by atoms with Crippen LogP contribution in [0.2, 0.25) is 0 Å². The van der Waals surface area contributed by atoms with E-state index in [1.165, 1.54) is 0 Å². The molecule has 0 saturated carbocycles. The van der Waals surface area contributed by atoms with Crippen molar-refractivity contribution >= 4 is 40.0 Å². The van der Waals surface area contributed by atoms with Crippen LogP contribution in [0.1, 0.15) is 18.4 Å². The number of nitrogens with one attached hydrogen (secondary N) is 2. The Morgan fingerprint density at radius 1 is 1.25 bits per heavy atom. The zero-order valence-corrected chi connectivity index (χ0v) is 16.8. The van der Waals surface area contributed by atoms with Gasteiger partial charge in [0.05, 0.1) is 11.4 Å². The summed E-state index contributed by atoms with van der Waals surface area (Å²) in [6.07, 6.45) is 7.06. The van der Waals surface area contributed by atoms with E-state index in [9.17, 15) is 8.42 Å². The van der Waals surface area contributed by atoms with E-state index in [0.29, 0.717) is 37.0 Å². The first-order chi connectivity index (χ1) is 11.1. The van der Waals surface area contributed by atoms with Gasteiger partial charge >= 0.3 is 0 Å². The van der Waals surface area contributed by atoms with Gasteiger partial charge in [0.2, 0.25) is 10.0 Å². The molecular formula is C16H23IN4O2S. The maximum Gasteiger partial charge on any atom is 0.243 e. The molecule has 0 atom stereocenters. The number of benzene rings is 1. The molecule has 1 aliphatic heterocycles. The first-order valence-corrected chi connectivity index (χ1v) is 8.99. The van der Waals surface area contributed by atoms with Crippen LogP contribution in [-0.2, 0) is 16.6 Å². The molecule has 1 heterocycles. The second-order valence-corrected chi connectivity index (χ2v) is 7.18. The molecule has 1 saturated heterocycles. The standard InChI is InChI=1S/C16H22N4O2S.HI/c1-3-10-18-16(17-2)19-13-14-6-8-15(9-7-14)23(21,22)20-11-4-5-12-20;/h1,6-9H,4-5,10-13H2,2H3,(H2,17,18,19);1H. The normalized spacial score (nSPS) is 15.4. The van der Waals surface area contributed by atoms with Gasteiger partial charge in [0.15, 0.2) is 5.96 Å². The minimum absolute atomic E-state index is 0. The fourth-order valence-corrected chi connectivity index (χ4v) is 3.92. The van der Waals surface area contributed by atoms with E-state index in [1.54, 1.807) is 23.5 Å². The van der Waals surface area contributed by atoms with Crippen molar-refractivity contribution in [3.8, 4) is 12.3 Å². The molecule has 2 N–H and O–H groups in total. The molecule has 0 spiro atoms. The number of nitrogens with zero attached hydrogens (tertiary/aromatic N) is 2. The van der Waals surface area contributed by atoms with Gasteiger partial charge in [-0.2, -0.15) is 4.31 Å². The summed E-state index contributed by atoms with van der Waals surface area (Å²) in [5, 5.41) is 6.08. The third kappa shape index (κ3) is 5.36. The Bertz CT molecular complexity index is 690. The maximum atomic E-state index is 12.4. The first kappa shape index (κ1) is 20.7. The van der Waals surface area contributed by atoms with Crippen LogP contribution >= 0.6 is 24.0 Å². The van der Waals surface area contributed by atoms with Crippen molar-refractivity contribution in [1.82, 2.24) is 14.9 Å². The van der Waals surface area contributed by atoms with Crippen LogP contribution in [0.3, 0.4) is 0 Å². The van der Waals surface area contributed by atoms with Gasteiger partial charge in [0.1, 0.15) is 0 Å². The Hall–Kier alpha value is -1.31. The molecule has 0 unspecified atom stereocenters. The summed E-state index contributed by atoms with van der Waals surface area (Å²) in [5.74, 6) is 3.09. The van der Waals surface area contributed by atoms with Crippen LogP contribution in [0.25, 0.3) is 0 Å². The molecule has 24 heavy (non-hydrogen) atoms. The van der Waals surface area contributed by atoms with Crippen molar-refractivity contribution in [2.75, 3.05) is 26.7 Å². The zero-order chi connectivity index (χ0) is 16.7. The van der Waals surface area contributed by atoms with Crippen molar-refractivity contribution in [3.63, 3.8) is 0 Å². The minimum atomic E-state index is -3.35. The fraction of sp³-hybridized carbons (Fsp3) is 0.438. The highest BCUT2D eigenvalue weighted by molar-refractivity contribution is 14.0. The smallest absolute Gasteiger partial charge is 0.243 e. The molecule has 0 aromatic heterocycles. The molecule has 0 amide bonds. The quantitative estimate of drug-likeness (QED) is 0.300.